The van der Waals surface area contributed by atoms with E-state index in [1.807, 2.05) is 47.2 Å². The number of nitrogens with one attached hydrogen (secondary N) is 1. The molecule has 3 aromatic rings. The van der Waals surface area contributed by atoms with Crippen LogP contribution in [0.2, 0.25) is 0 Å². The summed E-state index contributed by atoms with van der Waals surface area (Å²) in [5, 5.41) is 3.54. The highest BCUT2D eigenvalue weighted by Crippen LogP contribution is 2.29. The van der Waals surface area contributed by atoms with Crippen molar-refractivity contribution in [3.63, 3.8) is 0 Å². The van der Waals surface area contributed by atoms with Crippen LogP contribution in [-0.2, 0) is 0 Å². The zero-order valence-corrected chi connectivity index (χ0v) is 15.7. The maximum absolute atomic E-state index is 11.9. The molecule has 4 rings (SSSR count). The first kappa shape index (κ1) is 18.1. The first-order chi connectivity index (χ1) is 13.7. The van der Waals surface area contributed by atoms with Gasteiger partial charge < -0.3 is 15.8 Å². The number of hydrogen-bond acceptors (Lipinski definition) is 4. The highest BCUT2D eigenvalue weighted by molar-refractivity contribution is 5.99. The number of amides is 1. The maximum Gasteiger partial charge on any atom is 0.250 e. The Hall–Kier alpha value is -3.28. The molecule has 0 atom stereocenters. The topological polar surface area (TPSA) is 82.2 Å². The molecule has 1 fully saturated rings. The lowest BCUT2D eigenvalue weighted by atomic mass is 9.95. The molecule has 0 unspecified atom stereocenters. The van der Waals surface area contributed by atoms with Gasteiger partial charge in [-0.1, -0.05) is 19.3 Å². The first-order valence-corrected chi connectivity index (χ1v) is 9.67. The van der Waals surface area contributed by atoms with Crippen molar-refractivity contribution >= 4 is 11.6 Å². The molecule has 0 bridgehead atoms. The predicted octanol–water partition coefficient (Wildman–Crippen LogP) is 4.51. The number of aromatic nitrogens is 2. The molecule has 0 spiro atoms. The minimum Gasteiger partial charge on any atom is -0.440 e. The van der Waals surface area contributed by atoms with Gasteiger partial charge in [-0.2, -0.15) is 0 Å². The quantitative estimate of drug-likeness (QED) is 0.663. The molecule has 6 heteroatoms. The van der Waals surface area contributed by atoms with Gasteiger partial charge in [-0.25, -0.2) is 0 Å². The predicted molar refractivity (Wildman–Crippen MR) is 109 cm³/mol. The molecule has 1 aliphatic carbocycles. The molecule has 28 heavy (non-hydrogen) atoms. The first-order valence-electron chi connectivity index (χ1n) is 9.67. The van der Waals surface area contributed by atoms with E-state index in [0.29, 0.717) is 23.2 Å². The fraction of sp³-hybridized carbons (Fsp3) is 0.273. The summed E-state index contributed by atoms with van der Waals surface area (Å²) >= 11 is 0. The number of ether oxygens (including phenoxy) is 1. The lowest BCUT2D eigenvalue weighted by molar-refractivity contribution is 0.100. The number of nitrogens with two attached hydrogens (primary N) is 1. The van der Waals surface area contributed by atoms with Crippen LogP contribution in [0, 0.1) is 0 Å². The smallest absolute Gasteiger partial charge is 0.250 e. The van der Waals surface area contributed by atoms with Gasteiger partial charge in [0.25, 0.3) is 5.91 Å². The molecule has 0 aliphatic heterocycles. The summed E-state index contributed by atoms with van der Waals surface area (Å²) in [5.41, 5.74) is 7.79. The molecule has 6 nitrogen and oxygen atoms in total. The molecule has 2 heterocycles. The summed E-state index contributed by atoms with van der Waals surface area (Å²) in [6.45, 7) is 0. The van der Waals surface area contributed by atoms with Crippen molar-refractivity contribution in [2.24, 2.45) is 5.73 Å². The Labute approximate surface area is 164 Å². The van der Waals surface area contributed by atoms with Gasteiger partial charge in [-0.3, -0.25) is 14.3 Å². The highest BCUT2D eigenvalue weighted by atomic mass is 16.5. The molecule has 1 aromatic carbocycles. The number of rotatable bonds is 6. The van der Waals surface area contributed by atoms with E-state index in [9.17, 15) is 4.79 Å². The average Bonchev–Trinajstić information content (AvgIpc) is 3.17. The van der Waals surface area contributed by atoms with E-state index < -0.39 is 5.91 Å². The molecule has 0 radical (unpaired) electrons. The number of carbonyl (C=O) groups excluding carboxylic acids is 1. The van der Waals surface area contributed by atoms with Crippen LogP contribution in [0.15, 0.2) is 61.1 Å². The Balaban J connectivity index is 1.64. The summed E-state index contributed by atoms with van der Waals surface area (Å²) < 4.78 is 7.92. The largest absolute Gasteiger partial charge is 0.440 e. The molecule has 1 amide bonds. The summed E-state index contributed by atoms with van der Waals surface area (Å²) in [6.07, 6.45) is 11.2. The second-order valence-corrected chi connectivity index (χ2v) is 7.07. The van der Waals surface area contributed by atoms with Crippen LogP contribution in [0.1, 0.15) is 42.5 Å². The van der Waals surface area contributed by atoms with Gasteiger partial charge in [0, 0.05) is 36.4 Å². The van der Waals surface area contributed by atoms with Crippen molar-refractivity contribution in [1.29, 1.82) is 0 Å². The third-order valence-electron chi connectivity index (χ3n) is 5.10. The fourth-order valence-electron chi connectivity index (χ4n) is 3.67. The Kier molecular flexibility index (Phi) is 5.28. The summed E-state index contributed by atoms with van der Waals surface area (Å²) in [5.74, 6) is 0.969. The average molecular weight is 376 g/mol. The number of nitrogens with zero attached hydrogens (tertiary/aromatic N) is 2. The number of pyridine rings is 1. The molecular formula is C22H24N4O2. The van der Waals surface area contributed by atoms with Gasteiger partial charge in [0.15, 0.2) is 0 Å². The lowest BCUT2D eigenvalue weighted by Gasteiger charge is -2.25. The summed E-state index contributed by atoms with van der Waals surface area (Å²) in [7, 11) is 0. The van der Waals surface area contributed by atoms with Gasteiger partial charge in [0.05, 0.1) is 11.3 Å². The fourth-order valence-corrected chi connectivity index (χ4v) is 3.67. The Morgan fingerprint density at radius 3 is 2.64 bits per heavy atom. The van der Waals surface area contributed by atoms with E-state index in [0.717, 1.165) is 24.2 Å². The maximum atomic E-state index is 11.9. The van der Waals surface area contributed by atoms with E-state index in [1.54, 1.807) is 18.5 Å². The van der Waals surface area contributed by atoms with E-state index >= 15 is 0 Å². The highest BCUT2D eigenvalue weighted by Gasteiger charge is 2.17. The SMILES string of the molecule is NC(=O)c1ccc(-n2cccc2Oc2ccncc2)cc1NC1CCCCC1. The number of anilines is 1. The van der Waals surface area contributed by atoms with Gasteiger partial charge in [-0.05, 0) is 49.2 Å². The Bertz CT molecular complexity index is 946. The molecule has 2 aromatic heterocycles. The summed E-state index contributed by atoms with van der Waals surface area (Å²) in [4.78, 5) is 15.9. The molecule has 3 N–H and O–H groups in total. The number of hydrogen-bond donors (Lipinski definition) is 2. The van der Waals surface area contributed by atoms with Crippen LogP contribution in [0.3, 0.4) is 0 Å². The second-order valence-electron chi connectivity index (χ2n) is 7.07. The van der Waals surface area contributed by atoms with Crippen LogP contribution >= 0.6 is 0 Å². The standard InChI is InChI=1S/C22H24N4O2/c23-22(27)19-9-8-17(15-20(19)25-16-5-2-1-3-6-16)26-14-4-7-21(26)28-18-10-12-24-13-11-18/h4,7-16,25H,1-3,5-6H2,(H2,23,27). The lowest BCUT2D eigenvalue weighted by Crippen LogP contribution is -2.24. The third-order valence-corrected chi connectivity index (χ3v) is 5.10. The van der Waals surface area contributed by atoms with Gasteiger partial charge in [-0.15, -0.1) is 0 Å². The molecule has 0 saturated heterocycles. The van der Waals surface area contributed by atoms with E-state index in [4.69, 9.17) is 10.5 Å². The normalized spacial score (nSPS) is 14.6. The van der Waals surface area contributed by atoms with Gasteiger partial charge in [0.2, 0.25) is 5.88 Å². The van der Waals surface area contributed by atoms with Crippen LogP contribution in [0.4, 0.5) is 5.69 Å². The number of carbonyl (C=O) groups is 1. The number of primary amides is 1. The zero-order chi connectivity index (χ0) is 19.3. The van der Waals surface area contributed by atoms with Gasteiger partial charge in [0.1, 0.15) is 5.75 Å². The van der Waals surface area contributed by atoms with E-state index in [1.165, 1.54) is 19.3 Å². The Morgan fingerprint density at radius 2 is 1.89 bits per heavy atom. The third kappa shape index (κ3) is 4.01. The van der Waals surface area contributed by atoms with Crippen LogP contribution in [0.25, 0.3) is 5.69 Å². The van der Waals surface area contributed by atoms with E-state index in [-0.39, 0.29) is 0 Å². The van der Waals surface area contributed by atoms with Crippen molar-refractivity contribution in [3.8, 4) is 17.3 Å². The molecule has 144 valence electrons. The van der Waals surface area contributed by atoms with Crippen molar-refractivity contribution in [1.82, 2.24) is 9.55 Å². The van der Waals surface area contributed by atoms with Crippen LogP contribution in [-0.4, -0.2) is 21.5 Å². The molecule has 1 aliphatic rings. The zero-order valence-electron chi connectivity index (χ0n) is 15.7. The minimum absolute atomic E-state index is 0.374. The van der Waals surface area contributed by atoms with Crippen molar-refractivity contribution < 1.29 is 9.53 Å². The van der Waals surface area contributed by atoms with Crippen molar-refractivity contribution in [3.05, 3.63) is 66.6 Å². The van der Waals surface area contributed by atoms with Crippen molar-refractivity contribution in [2.45, 2.75) is 38.1 Å². The van der Waals surface area contributed by atoms with Crippen LogP contribution in [0.5, 0.6) is 11.6 Å². The monoisotopic (exact) mass is 376 g/mol. The van der Waals surface area contributed by atoms with Gasteiger partial charge >= 0.3 is 0 Å². The summed E-state index contributed by atoms with van der Waals surface area (Å²) in [6, 6.07) is 13.4. The Morgan fingerprint density at radius 1 is 1.11 bits per heavy atom. The minimum atomic E-state index is -0.425. The van der Waals surface area contributed by atoms with Crippen LogP contribution < -0.4 is 15.8 Å². The molecule has 1 saturated carbocycles. The van der Waals surface area contributed by atoms with E-state index in [2.05, 4.69) is 10.3 Å². The molecular weight excluding hydrogens is 352 g/mol. The second kappa shape index (κ2) is 8.17. The van der Waals surface area contributed by atoms with Crippen molar-refractivity contribution in [2.75, 3.05) is 5.32 Å². The number of benzene rings is 1.